The van der Waals surface area contributed by atoms with E-state index in [0.717, 1.165) is 12.1 Å². The number of methoxy groups -OCH3 is 1. The lowest BCUT2D eigenvalue weighted by atomic mass is 10.2. The Bertz CT molecular complexity index is 416. The van der Waals surface area contributed by atoms with E-state index in [1.165, 1.54) is 0 Å². The van der Waals surface area contributed by atoms with Crippen LogP contribution in [0.15, 0.2) is 18.2 Å². The van der Waals surface area contributed by atoms with Gasteiger partial charge in [-0.3, -0.25) is 0 Å². The monoisotopic (exact) mass is 264 g/mol. The number of nitrogens with one attached hydrogen (secondary N) is 1. The van der Waals surface area contributed by atoms with Crippen molar-refractivity contribution < 1.29 is 14.2 Å². The molecular weight excluding hydrogens is 244 g/mol. The number of nitriles is 1. The Kier molecular flexibility index (Phi) is 7.40. The minimum atomic E-state index is 0.00909. The lowest BCUT2D eigenvalue weighted by molar-refractivity contribution is 0.199. The molecule has 0 unspecified atom stereocenters. The lowest BCUT2D eigenvalue weighted by Gasteiger charge is -2.14. The van der Waals surface area contributed by atoms with Gasteiger partial charge in [0.15, 0.2) is 18.1 Å². The number of ether oxygens (including phenoxy) is 3. The van der Waals surface area contributed by atoms with Crippen molar-refractivity contribution in [2.45, 2.75) is 13.5 Å². The highest BCUT2D eigenvalue weighted by atomic mass is 16.5. The first kappa shape index (κ1) is 15.3. The molecule has 0 aliphatic heterocycles. The Hall–Kier alpha value is -1.77. The average Bonchev–Trinajstić information content (AvgIpc) is 2.43. The molecule has 5 heteroatoms. The summed E-state index contributed by atoms with van der Waals surface area (Å²) in [6, 6.07) is 7.68. The molecule has 0 spiro atoms. The maximum atomic E-state index is 8.64. The zero-order valence-corrected chi connectivity index (χ0v) is 11.4. The number of nitrogens with zero attached hydrogens (tertiary/aromatic N) is 1. The first-order valence-corrected chi connectivity index (χ1v) is 6.27. The number of hydrogen-bond acceptors (Lipinski definition) is 5. The second kappa shape index (κ2) is 9.20. The number of para-hydroxylation sites is 1. The number of rotatable bonds is 9. The maximum Gasteiger partial charge on any atom is 0.174 e. The summed E-state index contributed by atoms with van der Waals surface area (Å²) in [6.45, 7) is 4.54. The zero-order chi connectivity index (χ0) is 13.9. The van der Waals surface area contributed by atoms with Crippen molar-refractivity contribution in [1.29, 1.82) is 5.26 Å². The van der Waals surface area contributed by atoms with Gasteiger partial charge < -0.3 is 19.5 Å². The van der Waals surface area contributed by atoms with Crippen LogP contribution in [-0.4, -0.2) is 33.5 Å². The summed E-state index contributed by atoms with van der Waals surface area (Å²) in [5, 5.41) is 11.9. The smallest absolute Gasteiger partial charge is 0.174 e. The van der Waals surface area contributed by atoms with E-state index in [9.17, 15) is 0 Å². The summed E-state index contributed by atoms with van der Waals surface area (Å²) in [5.41, 5.74) is 0.970. The third-order valence-electron chi connectivity index (χ3n) is 2.44. The van der Waals surface area contributed by atoms with Gasteiger partial charge in [-0.05, 0) is 13.0 Å². The van der Waals surface area contributed by atoms with E-state index in [0.29, 0.717) is 31.3 Å². The van der Waals surface area contributed by atoms with Crippen molar-refractivity contribution in [3.8, 4) is 17.6 Å². The van der Waals surface area contributed by atoms with Crippen molar-refractivity contribution >= 4 is 0 Å². The minimum absolute atomic E-state index is 0.00909. The van der Waals surface area contributed by atoms with Crippen LogP contribution < -0.4 is 14.8 Å². The van der Waals surface area contributed by atoms with Crippen LogP contribution in [0.25, 0.3) is 0 Å². The second-order valence-corrected chi connectivity index (χ2v) is 3.79. The highest BCUT2D eigenvalue weighted by molar-refractivity contribution is 5.46. The van der Waals surface area contributed by atoms with E-state index in [4.69, 9.17) is 19.5 Å². The normalized spacial score (nSPS) is 9.95. The summed E-state index contributed by atoms with van der Waals surface area (Å²) in [7, 11) is 1.67. The Labute approximate surface area is 114 Å². The summed E-state index contributed by atoms with van der Waals surface area (Å²) < 4.78 is 16.0. The van der Waals surface area contributed by atoms with E-state index in [1.54, 1.807) is 7.11 Å². The van der Waals surface area contributed by atoms with Gasteiger partial charge in [0.05, 0.1) is 13.2 Å². The second-order valence-electron chi connectivity index (χ2n) is 3.79. The molecule has 0 saturated carbocycles. The third kappa shape index (κ3) is 5.16. The van der Waals surface area contributed by atoms with Gasteiger partial charge in [-0.15, -0.1) is 0 Å². The molecule has 0 bridgehead atoms. The molecule has 0 fully saturated rings. The first-order valence-electron chi connectivity index (χ1n) is 6.27. The minimum Gasteiger partial charge on any atom is -0.490 e. The van der Waals surface area contributed by atoms with Crippen molar-refractivity contribution in [1.82, 2.24) is 5.32 Å². The molecule has 5 nitrogen and oxygen atoms in total. The predicted octanol–water partition coefficient (Wildman–Crippen LogP) is 1.72. The molecule has 0 aromatic heterocycles. The molecular formula is C14H20N2O3. The van der Waals surface area contributed by atoms with E-state index in [-0.39, 0.29) is 6.61 Å². The highest BCUT2D eigenvalue weighted by Crippen LogP contribution is 2.31. The van der Waals surface area contributed by atoms with Crippen LogP contribution in [0.5, 0.6) is 11.5 Å². The molecule has 0 saturated heterocycles. The fourth-order valence-corrected chi connectivity index (χ4v) is 1.64. The molecule has 1 N–H and O–H groups in total. The largest absolute Gasteiger partial charge is 0.490 e. The maximum absolute atomic E-state index is 8.64. The van der Waals surface area contributed by atoms with Crippen LogP contribution in [0, 0.1) is 11.3 Å². The number of hydrogen-bond donors (Lipinski definition) is 1. The third-order valence-corrected chi connectivity index (χ3v) is 2.44. The van der Waals surface area contributed by atoms with Gasteiger partial charge in [-0.25, -0.2) is 0 Å². The summed E-state index contributed by atoms with van der Waals surface area (Å²) >= 11 is 0. The van der Waals surface area contributed by atoms with Crippen LogP contribution in [0.4, 0.5) is 0 Å². The fraction of sp³-hybridized carbons (Fsp3) is 0.500. The van der Waals surface area contributed by atoms with Crippen molar-refractivity contribution in [3.63, 3.8) is 0 Å². The van der Waals surface area contributed by atoms with Gasteiger partial charge in [-0.2, -0.15) is 5.26 Å². The summed E-state index contributed by atoms with van der Waals surface area (Å²) in [4.78, 5) is 0. The van der Waals surface area contributed by atoms with Gasteiger partial charge in [-0.1, -0.05) is 12.1 Å². The molecule has 104 valence electrons. The van der Waals surface area contributed by atoms with Crippen molar-refractivity contribution in [2.24, 2.45) is 0 Å². The quantitative estimate of drug-likeness (QED) is 0.688. The molecule has 0 heterocycles. The average molecular weight is 264 g/mol. The van der Waals surface area contributed by atoms with E-state index >= 15 is 0 Å². The molecule has 1 aromatic rings. The topological polar surface area (TPSA) is 63.5 Å². The first-order chi connectivity index (χ1) is 9.33. The van der Waals surface area contributed by atoms with Crippen LogP contribution >= 0.6 is 0 Å². The van der Waals surface area contributed by atoms with Gasteiger partial charge in [0.1, 0.15) is 6.07 Å². The lowest BCUT2D eigenvalue weighted by Crippen LogP contribution is -2.19. The molecule has 1 rings (SSSR count). The zero-order valence-electron chi connectivity index (χ0n) is 11.4. The Morgan fingerprint density at radius 1 is 1.32 bits per heavy atom. The fourth-order valence-electron chi connectivity index (χ4n) is 1.64. The molecule has 0 aliphatic carbocycles. The molecule has 0 amide bonds. The SMILES string of the molecule is CCOc1cccc(CNCCOC)c1OCC#N. The highest BCUT2D eigenvalue weighted by Gasteiger charge is 2.10. The van der Waals surface area contributed by atoms with Gasteiger partial charge >= 0.3 is 0 Å². The summed E-state index contributed by atoms with van der Waals surface area (Å²) in [5.74, 6) is 1.31. The van der Waals surface area contributed by atoms with Crippen LogP contribution in [0.1, 0.15) is 12.5 Å². The molecule has 1 aromatic carbocycles. The van der Waals surface area contributed by atoms with Gasteiger partial charge in [0.25, 0.3) is 0 Å². The van der Waals surface area contributed by atoms with Gasteiger partial charge in [0.2, 0.25) is 0 Å². The molecule has 0 aliphatic rings. The Morgan fingerprint density at radius 3 is 2.84 bits per heavy atom. The van der Waals surface area contributed by atoms with E-state index in [2.05, 4.69) is 5.32 Å². The van der Waals surface area contributed by atoms with Crippen LogP contribution in [0.3, 0.4) is 0 Å². The Balaban J connectivity index is 2.76. The van der Waals surface area contributed by atoms with E-state index < -0.39 is 0 Å². The van der Waals surface area contributed by atoms with Gasteiger partial charge in [0, 0.05) is 25.8 Å². The Morgan fingerprint density at radius 2 is 2.16 bits per heavy atom. The molecule has 19 heavy (non-hydrogen) atoms. The van der Waals surface area contributed by atoms with Crippen LogP contribution in [-0.2, 0) is 11.3 Å². The van der Waals surface area contributed by atoms with E-state index in [1.807, 2.05) is 31.2 Å². The van der Waals surface area contributed by atoms with Crippen molar-refractivity contribution in [3.05, 3.63) is 23.8 Å². The standard InChI is InChI=1S/C14H20N2O3/c1-3-18-13-6-4-5-12(11-16-8-10-17-2)14(13)19-9-7-15/h4-6,16H,3,8-11H2,1-2H3. The predicted molar refractivity (Wildman–Crippen MR) is 72.3 cm³/mol. The summed E-state index contributed by atoms with van der Waals surface area (Å²) in [6.07, 6.45) is 0. The van der Waals surface area contributed by atoms with Crippen LogP contribution in [0.2, 0.25) is 0 Å². The van der Waals surface area contributed by atoms with Crippen molar-refractivity contribution in [2.75, 3.05) is 33.5 Å². The molecule has 0 radical (unpaired) electrons. The number of benzene rings is 1. The molecule has 0 atom stereocenters.